The molecule has 0 radical (unpaired) electrons. The third-order valence-electron chi connectivity index (χ3n) is 4.46. The lowest BCUT2D eigenvalue weighted by Crippen LogP contribution is -2.11. The van der Waals surface area contributed by atoms with Gasteiger partial charge in [-0.2, -0.15) is 0 Å². The van der Waals surface area contributed by atoms with E-state index in [1.165, 1.54) is 0 Å². The topological polar surface area (TPSA) is 67.1 Å². The summed E-state index contributed by atoms with van der Waals surface area (Å²) >= 11 is 0. The third-order valence-corrected chi connectivity index (χ3v) is 4.46. The number of rotatable bonds is 7. The summed E-state index contributed by atoms with van der Waals surface area (Å²) in [6.07, 6.45) is 0.551. The van der Waals surface area contributed by atoms with Crippen LogP contribution in [-0.4, -0.2) is 35.0 Å². The van der Waals surface area contributed by atoms with Crippen molar-refractivity contribution in [2.45, 2.75) is 6.42 Å². The first-order valence-electron chi connectivity index (χ1n) is 8.48. The van der Waals surface area contributed by atoms with Gasteiger partial charge in [-0.05, 0) is 36.2 Å². The molecule has 0 bridgehead atoms. The molecule has 27 heavy (non-hydrogen) atoms. The Morgan fingerprint density at radius 1 is 0.889 bits per heavy atom. The van der Waals surface area contributed by atoms with Gasteiger partial charge in [0.25, 0.3) is 0 Å². The van der Waals surface area contributed by atoms with Gasteiger partial charge in [-0.15, -0.1) is 0 Å². The van der Waals surface area contributed by atoms with Gasteiger partial charge in [-0.25, -0.2) is 4.79 Å². The highest BCUT2D eigenvalue weighted by Gasteiger charge is 2.20. The van der Waals surface area contributed by atoms with Crippen LogP contribution in [0.5, 0.6) is 17.2 Å². The number of ether oxygens (including phenoxy) is 4. The van der Waals surface area contributed by atoms with E-state index in [-0.39, 0.29) is 0 Å². The van der Waals surface area contributed by atoms with Crippen molar-refractivity contribution in [3.8, 4) is 28.4 Å². The zero-order valence-electron chi connectivity index (χ0n) is 15.8. The summed E-state index contributed by atoms with van der Waals surface area (Å²) in [7, 11) is 6.34. The fraction of sp³-hybridized carbons (Fsp3) is 0.286. The minimum atomic E-state index is -0.440. The Kier molecular flexibility index (Phi) is 5.66. The van der Waals surface area contributed by atoms with Crippen LogP contribution in [0.3, 0.4) is 0 Å². The molecule has 0 atom stereocenters. The molecule has 142 valence electrons. The fourth-order valence-corrected chi connectivity index (χ4v) is 3.11. The van der Waals surface area contributed by atoms with Gasteiger partial charge in [0.1, 0.15) is 22.8 Å². The molecule has 0 spiro atoms. The first kappa shape index (κ1) is 18.8. The molecular formula is C21H22O6. The van der Waals surface area contributed by atoms with Crippen LogP contribution in [-0.2, 0) is 11.2 Å². The molecule has 6 heteroatoms. The van der Waals surface area contributed by atoms with Gasteiger partial charge >= 0.3 is 5.63 Å². The monoisotopic (exact) mass is 370 g/mol. The van der Waals surface area contributed by atoms with Crippen molar-refractivity contribution in [2.24, 2.45) is 0 Å². The largest absolute Gasteiger partial charge is 0.497 e. The van der Waals surface area contributed by atoms with Gasteiger partial charge in [-0.3, -0.25) is 0 Å². The van der Waals surface area contributed by atoms with Crippen LogP contribution in [0.1, 0.15) is 5.56 Å². The maximum Gasteiger partial charge on any atom is 0.344 e. The Hall–Kier alpha value is -2.99. The van der Waals surface area contributed by atoms with Crippen LogP contribution >= 0.6 is 0 Å². The lowest BCUT2D eigenvalue weighted by atomic mass is 9.95. The van der Waals surface area contributed by atoms with Crippen LogP contribution < -0.4 is 19.8 Å². The molecule has 6 nitrogen and oxygen atoms in total. The summed E-state index contributed by atoms with van der Waals surface area (Å²) in [5.74, 6) is 1.80. The van der Waals surface area contributed by atoms with Gasteiger partial charge in [0.05, 0.1) is 33.5 Å². The van der Waals surface area contributed by atoms with Gasteiger partial charge in [-0.1, -0.05) is 0 Å². The van der Waals surface area contributed by atoms with E-state index in [1.807, 2.05) is 12.1 Å². The maximum atomic E-state index is 12.9. The SMILES string of the molecule is COCCc1c(-c2ccc(OC)cc2OC)c(=O)oc2cc(OC)ccc12. The van der Waals surface area contributed by atoms with Crippen molar-refractivity contribution < 1.29 is 23.4 Å². The predicted molar refractivity (Wildman–Crippen MR) is 103 cm³/mol. The summed E-state index contributed by atoms with van der Waals surface area (Å²) in [5, 5.41) is 0.834. The van der Waals surface area contributed by atoms with E-state index in [2.05, 4.69) is 0 Å². The van der Waals surface area contributed by atoms with Crippen LogP contribution in [0.4, 0.5) is 0 Å². The summed E-state index contributed by atoms with van der Waals surface area (Å²) in [6.45, 7) is 0.468. The number of hydrogen-bond donors (Lipinski definition) is 0. The molecule has 0 unspecified atom stereocenters. The molecule has 2 aromatic carbocycles. The Labute approximate surface area is 157 Å². The highest BCUT2D eigenvalue weighted by Crippen LogP contribution is 2.36. The van der Waals surface area contributed by atoms with Crippen LogP contribution in [0, 0.1) is 0 Å². The molecule has 1 heterocycles. The molecule has 0 saturated heterocycles. The average molecular weight is 370 g/mol. The lowest BCUT2D eigenvalue weighted by Gasteiger charge is -2.15. The highest BCUT2D eigenvalue weighted by atomic mass is 16.5. The average Bonchev–Trinajstić information content (AvgIpc) is 2.70. The zero-order valence-corrected chi connectivity index (χ0v) is 15.8. The van der Waals surface area contributed by atoms with E-state index in [0.29, 0.717) is 47.0 Å². The molecule has 0 aliphatic rings. The normalized spacial score (nSPS) is 10.8. The summed E-state index contributed by atoms with van der Waals surface area (Å²) in [6, 6.07) is 10.8. The van der Waals surface area contributed by atoms with Crippen LogP contribution in [0.2, 0.25) is 0 Å². The second-order valence-electron chi connectivity index (χ2n) is 5.91. The highest BCUT2D eigenvalue weighted by molar-refractivity contribution is 5.89. The van der Waals surface area contributed by atoms with E-state index in [4.69, 9.17) is 23.4 Å². The molecule has 3 aromatic rings. The second-order valence-corrected chi connectivity index (χ2v) is 5.91. The number of benzene rings is 2. The quantitative estimate of drug-likeness (QED) is 0.591. The van der Waals surface area contributed by atoms with Crippen molar-refractivity contribution in [1.29, 1.82) is 0 Å². The van der Waals surface area contributed by atoms with E-state index < -0.39 is 5.63 Å². The zero-order chi connectivity index (χ0) is 19.4. The van der Waals surface area contributed by atoms with Gasteiger partial charge in [0.2, 0.25) is 0 Å². The Morgan fingerprint density at radius 2 is 1.59 bits per heavy atom. The Bertz CT molecular complexity index is 1010. The molecule has 0 aliphatic carbocycles. The summed E-state index contributed by atoms with van der Waals surface area (Å²) < 4.78 is 26.8. The molecular weight excluding hydrogens is 348 g/mol. The molecule has 1 aromatic heterocycles. The van der Waals surface area contributed by atoms with Crippen molar-refractivity contribution in [1.82, 2.24) is 0 Å². The minimum absolute atomic E-state index is 0.440. The van der Waals surface area contributed by atoms with E-state index in [0.717, 1.165) is 10.9 Å². The molecule has 0 saturated carbocycles. The molecule has 0 amide bonds. The second kappa shape index (κ2) is 8.14. The number of fused-ring (bicyclic) bond motifs is 1. The number of hydrogen-bond acceptors (Lipinski definition) is 6. The van der Waals surface area contributed by atoms with Gasteiger partial charge in [0.15, 0.2) is 0 Å². The van der Waals surface area contributed by atoms with Crippen molar-refractivity contribution in [3.05, 3.63) is 52.4 Å². The van der Waals surface area contributed by atoms with E-state index in [1.54, 1.807) is 52.7 Å². The first-order chi connectivity index (χ1) is 13.1. The van der Waals surface area contributed by atoms with Crippen molar-refractivity contribution in [3.63, 3.8) is 0 Å². The Morgan fingerprint density at radius 3 is 2.26 bits per heavy atom. The molecule has 3 rings (SSSR count). The van der Waals surface area contributed by atoms with E-state index >= 15 is 0 Å². The third kappa shape index (κ3) is 3.61. The van der Waals surface area contributed by atoms with E-state index in [9.17, 15) is 4.79 Å². The smallest absolute Gasteiger partial charge is 0.344 e. The minimum Gasteiger partial charge on any atom is -0.497 e. The standard InChI is InChI=1S/C21H22O6/c1-23-10-9-16-15-7-5-14(25-3)12-19(15)27-21(22)20(16)17-8-6-13(24-2)11-18(17)26-4/h5-8,11-12H,9-10H2,1-4H3. The molecule has 0 N–H and O–H groups in total. The first-order valence-corrected chi connectivity index (χ1v) is 8.48. The molecule has 0 fully saturated rings. The number of methoxy groups -OCH3 is 4. The summed E-state index contributed by atoms with van der Waals surface area (Å²) in [4.78, 5) is 12.9. The molecule has 0 aliphatic heterocycles. The van der Waals surface area contributed by atoms with Crippen LogP contribution in [0.15, 0.2) is 45.6 Å². The van der Waals surface area contributed by atoms with Crippen LogP contribution in [0.25, 0.3) is 22.1 Å². The van der Waals surface area contributed by atoms with Crippen molar-refractivity contribution in [2.75, 3.05) is 35.0 Å². The van der Waals surface area contributed by atoms with Gasteiger partial charge < -0.3 is 23.4 Å². The lowest BCUT2D eigenvalue weighted by molar-refractivity contribution is 0.202. The predicted octanol–water partition coefficient (Wildman–Crippen LogP) is 3.67. The Balaban J connectivity index is 2.31. The summed E-state index contributed by atoms with van der Waals surface area (Å²) in [5.41, 5.74) is 1.99. The fourth-order valence-electron chi connectivity index (χ4n) is 3.11. The maximum absolute atomic E-state index is 12.9. The van der Waals surface area contributed by atoms with Gasteiger partial charge in [0, 0.05) is 30.2 Å². The van der Waals surface area contributed by atoms with Crippen molar-refractivity contribution >= 4 is 11.0 Å².